The number of hydrogen-bond donors (Lipinski definition) is 0. The van der Waals surface area contributed by atoms with Gasteiger partial charge in [0.05, 0.1) is 5.56 Å². The van der Waals surface area contributed by atoms with Crippen molar-refractivity contribution in [1.29, 1.82) is 0 Å². The van der Waals surface area contributed by atoms with E-state index < -0.39 is 0 Å². The number of rotatable bonds is 3. The number of benzene rings is 2. The van der Waals surface area contributed by atoms with Crippen LogP contribution in [0.4, 0.5) is 11.4 Å². The molecule has 0 spiro atoms. The highest BCUT2D eigenvalue weighted by Crippen LogP contribution is 2.32. The number of hydrogen-bond acceptors (Lipinski definition) is 4. The van der Waals surface area contributed by atoms with E-state index in [0.29, 0.717) is 11.3 Å². The lowest BCUT2D eigenvalue weighted by Crippen LogP contribution is -2.51. The summed E-state index contributed by atoms with van der Waals surface area (Å²) >= 11 is 0. The number of nitrogens with zero attached hydrogens (tertiary/aromatic N) is 2. The predicted octanol–water partition coefficient (Wildman–Crippen LogP) is 3.82. The summed E-state index contributed by atoms with van der Waals surface area (Å²) in [6.45, 7) is 13.6. The molecule has 0 radical (unpaired) electrons. The first-order chi connectivity index (χ1) is 13.8. The molecular weight excluding hydrogens is 360 g/mol. The molecule has 0 aromatic heterocycles. The Balaban J connectivity index is 1.61. The van der Waals surface area contributed by atoms with Crippen LogP contribution in [0.1, 0.15) is 27.8 Å². The van der Waals surface area contributed by atoms with Gasteiger partial charge in [0.15, 0.2) is 0 Å². The van der Waals surface area contributed by atoms with Crippen molar-refractivity contribution in [2.24, 2.45) is 0 Å². The van der Waals surface area contributed by atoms with E-state index in [9.17, 15) is 9.59 Å². The van der Waals surface area contributed by atoms with Crippen LogP contribution < -0.4 is 20.7 Å². The zero-order valence-electron chi connectivity index (χ0n) is 17.9. The van der Waals surface area contributed by atoms with Gasteiger partial charge in [-0.1, -0.05) is 29.8 Å². The smallest absolute Gasteiger partial charge is 0.250 e. The van der Waals surface area contributed by atoms with Crippen LogP contribution in [-0.2, 0) is 0 Å². The molecule has 0 bridgehead atoms. The first kappa shape index (κ1) is 19.4. The van der Waals surface area contributed by atoms with Crippen LogP contribution in [-0.4, -0.2) is 26.2 Å². The van der Waals surface area contributed by atoms with Gasteiger partial charge in [0, 0.05) is 31.9 Å². The van der Waals surface area contributed by atoms with Gasteiger partial charge >= 0.3 is 0 Å². The number of piperazine rings is 1. The third-order valence-electron chi connectivity index (χ3n) is 6.28. The minimum Gasteiger partial charge on any atom is -0.368 e. The summed E-state index contributed by atoms with van der Waals surface area (Å²) < 4.78 is 0. The second-order valence-electron chi connectivity index (χ2n) is 8.40. The van der Waals surface area contributed by atoms with E-state index >= 15 is 0 Å². The molecule has 0 saturated carbocycles. The van der Waals surface area contributed by atoms with Gasteiger partial charge in [-0.15, -0.1) is 0 Å². The Kier molecular flexibility index (Phi) is 4.81. The molecule has 0 aliphatic carbocycles. The molecule has 4 nitrogen and oxygen atoms in total. The minimum atomic E-state index is -0.344. The zero-order valence-corrected chi connectivity index (χ0v) is 17.9. The molecule has 0 amide bonds. The van der Waals surface area contributed by atoms with E-state index in [2.05, 4.69) is 60.9 Å². The van der Waals surface area contributed by atoms with Crippen LogP contribution in [0, 0.1) is 34.6 Å². The van der Waals surface area contributed by atoms with Crippen molar-refractivity contribution in [1.82, 2.24) is 0 Å². The second kappa shape index (κ2) is 7.18. The molecule has 0 N–H and O–H groups in total. The molecule has 3 aromatic rings. The third-order valence-corrected chi connectivity index (χ3v) is 6.28. The van der Waals surface area contributed by atoms with Crippen molar-refractivity contribution in [3.63, 3.8) is 0 Å². The van der Waals surface area contributed by atoms with Crippen molar-refractivity contribution >= 4 is 11.4 Å². The molecular formula is C25H28N2O2. The molecule has 0 unspecified atom stereocenters. The van der Waals surface area contributed by atoms with Crippen LogP contribution in [0.2, 0.25) is 0 Å². The first-order valence-electron chi connectivity index (χ1n) is 10.3. The monoisotopic (exact) mass is 388 g/mol. The predicted molar refractivity (Wildman–Crippen MR) is 121 cm³/mol. The zero-order chi connectivity index (χ0) is 20.9. The lowest BCUT2D eigenvalue weighted by atomic mass is 9.91. The molecule has 150 valence electrons. The third kappa shape index (κ3) is 3.27. The average molecular weight is 389 g/mol. The normalized spacial score (nSPS) is 14.7. The van der Waals surface area contributed by atoms with Crippen LogP contribution in [0.5, 0.6) is 0 Å². The molecule has 1 heterocycles. The maximum Gasteiger partial charge on any atom is 0.250 e. The maximum atomic E-state index is 12.5. The summed E-state index contributed by atoms with van der Waals surface area (Å²) in [4.78, 5) is 29.4. The lowest BCUT2D eigenvalue weighted by molar-refractivity contribution is 0.649. The van der Waals surface area contributed by atoms with Gasteiger partial charge in [0.1, 0.15) is 5.69 Å². The summed E-state index contributed by atoms with van der Waals surface area (Å²) in [5, 5.41) is 0. The summed E-state index contributed by atoms with van der Waals surface area (Å²) in [6.07, 6.45) is 0. The standard InChI is InChI=1S/C25H28N2O2/c1-15-6-7-21(19(5)12-15)26-8-10-27(11-9-26)23-22(24(28)25(23)29)20-14-17(3)16(2)13-18(20)4/h6-7,12-14H,8-11H2,1-5H3. The number of aryl methyl sites for hydroxylation is 5. The fourth-order valence-corrected chi connectivity index (χ4v) is 4.49. The van der Waals surface area contributed by atoms with Gasteiger partial charge in [-0.3, -0.25) is 9.59 Å². The van der Waals surface area contributed by atoms with E-state index in [0.717, 1.165) is 42.9 Å². The Bertz CT molecular complexity index is 1160. The summed E-state index contributed by atoms with van der Waals surface area (Å²) in [5.41, 5.74) is 8.64. The second-order valence-corrected chi connectivity index (χ2v) is 8.40. The van der Waals surface area contributed by atoms with Crippen molar-refractivity contribution < 1.29 is 0 Å². The van der Waals surface area contributed by atoms with Gasteiger partial charge in [0.25, 0.3) is 0 Å². The molecule has 1 aliphatic heterocycles. The van der Waals surface area contributed by atoms with Gasteiger partial charge in [-0.25, -0.2) is 0 Å². The summed E-state index contributed by atoms with van der Waals surface area (Å²) in [6, 6.07) is 10.7. The fraction of sp³-hybridized carbons (Fsp3) is 0.360. The maximum absolute atomic E-state index is 12.5. The molecule has 4 heteroatoms. The SMILES string of the molecule is Cc1ccc(N2CCN(c3c(-c4cc(C)c(C)cc4C)c(=O)c3=O)CC2)c(C)c1. The molecule has 1 fully saturated rings. The van der Waals surface area contributed by atoms with Gasteiger partial charge in [-0.2, -0.15) is 0 Å². The van der Waals surface area contributed by atoms with Gasteiger partial charge < -0.3 is 9.80 Å². The van der Waals surface area contributed by atoms with Gasteiger partial charge in [0.2, 0.25) is 10.9 Å². The quantitative estimate of drug-likeness (QED) is 0.640. The largest absolute Gasteiger partial charge is 0.368 e. The molecule has 29 heavy (non-hydrogen) atoms. The van der Waals surface area contributed by atoms with Crippen molar-refractivity contribution in [3.05, 3.63) is 78.6 Å². The van der Waals surface area contributed by atoms with Gasteiger partial charge in [-0.05, 0) is 68.5 Å². The van der Waals surface area contributed by atoms with Crippen molar-refractivity contribution in [2.45, 2.75) is 34.6 Å². The fourth-order valence-electron chi connectivity index (χ4n) is 4.49. The van der Waals surface area contributed by atoms with E-state index in [1.807, 2.05) is 13.8 Å². The highest BCUT2D eigenvalue weighted by atomic mass is 16.2. The Hall–Kier alpha value is -2.88. The van der Waals surface area contributed by atoms with Crippen LogP contribution >= 0.6 is 0 Å². The van der Waals surface area contributed by atoms with Crippen molar-refractivity contribution in [3.8, 4) is 11.1 Å². The molecule has 1 aliphatic rings. The highest BCUT2D eigenvalue weighted by Gasteiger charge is 2.30. The molecule has 1 saturated heterocycles. The minimum absolute atomic E-state index is 0.336. The van der Waals surface area contributed by atoms with Crippen LogP contribution in [0.3, 0.4) is 0 Å². The first-order valence-corrected chi connectivity index (χ1v) is 10.3. The summed E-state index contributed by atoms with van der Waals surface area (Å²) in [7, 11) is 0. The van der Waals surface area contributed by atoms with E-state index in [1.54, 1.807) is 0 Å². The molecule has 4 rings (SSSR count). The Labute approximate surface area is 172 Å². The van der Waals surface area contributed by atoms with E-state index in [4.69, 9.17) is 0 Å². The number of anilines is 2. The molecule has 0 atom stereocenters. The highest BCUT2D eigenvalue weighted by molar-refractivity contribution is 5.85. The Morgan fingerprint density at radius 2 is 1.28 bits per heavy atom. The Morgan fingerprint density at radius 1 is 0.655 bits per heavy atom. The van der Waals surface area contributed by atoms with Crippen LogP contribution in [0.25, 0.3) is 11.1 Å². The van der Waals surface area contributed by atoms with E-state index in [-0.39, 0.29) is 10.9 Å². The van der Waals surface area contributed by atoms with Crippen LogP contribution in [0.15, 0.2) is 39.9 Å². The van der Waals surface area contributed by atoms with Crippen molar-refractivity contribution in [2.75, 3.05) is 36.0 Å². The topological polar surface area (TPSA) is 40.6 Å². The molecule has 3 aromatic carbocycles. The lowest BCUT2D eigenvalue weighted by Gasteiger charge is -2.39. The Morgan fingerprint density at radius 3 is 1.93 bits per heavy atom. The average Bonchev–Trinajstić information content (AvgIpc) is 2.69. The van der Waals surface area contributed by atoms with E-state index in [1.165, 1.54) is 22.4 Å². The summed E-state index contributed by atoms with van der Waals surface area (Å²) in [5.74, 6) is 0.